The van der Waals surface area contributed by atoms with Gasteiger partial charge in [0.25, 0.3) is 0 Å². The molecule has 1 aromatic carbocycles. The van der Waals surface area contributed by atoms with Crippen molar-refractivity contribution in [2.75, 3.05) is 12.4 Å². The van der Waals surface area contributed by atoms with E-state index in [4.69, 9.17) is 5.11 Å². The zero-order valence-corrected chi connectivity index (χ0v) is 9.45. The van der Waals surface area contributed by atoms with Gasteiger partial charge in [-0.2, -0.15) is 0 Å². The third-order valence-corrected chi connectivity index (χ3v) is 1.87. The van der Waals surface area contributed by atoms with Crippen molar-refractivity contribution in [3.63, 3.8) is 0 Å². The molecule has 0 aliphatic carbocycles. The van der Waals surface area contributed by atoms with Crippen LogP contribution in [0.1, 0.15) is 10.4 Å². The Labute approximate surface area is 104 Å². The number of anilines is 1. The molecule has 0 aliphatic rings. The first-order valence-corrected chi connectivity index (χ1v) is 4.71. The summed E-state index contributed by atoms with van der Waals surface area (Å²) in [4.78, 5) is 21.6. The SMILES string of the molecule is COC(=O)c1ccc(NC(=O)O)c(OC(F)(F)F)c1. The quantitative estimate of drug-likeness (QED) is 0.830. The Morgan fingerprint density at radius 2 is 1.95 bits per heavy atom. The number of amides is 1. The molecule has 0 saturated carbocycles. The first kappa shape index (κ1) is 14.6. The van der Waals surface area contributed by atoms with E-state index in [0.29, 0.717) is 0 Å². The molecule has 0 fully saturated rings. The summed E-state index contributed by atoms with van der Waals surface area (Å²) in [5.74, 6) is -1.73. The van der Waals surface area contributed by atoms with Crippen LogP contribution in [0.15, 0.2) is 18.2 Å². The van der Waals surface area contributed by atoms with Gasteiger partial charge in [-0.3, -0.25) is 5.32 Å². The number of benzene rings is 1. The number of rotatable bonds is 3. The molecule has 2 N–H and O–H groups in total. The molecule has 1 rings (SSSR count). The Morgan fingerprint density at radius 3 is 2.42 bits per heavy atom. The number of methoxy groups -OCH3 is 1. The van der Waals surface area contributed by atoms with Gasteiger partial charge in [0.05, 0.1) is 18.4 Å². The number of halogens is 3. The molecule has 1 aromatic rings. The van der Waals surface area contributed by atoms with Gasteiger partial charge in [-0.1, -0.05) is 0 Å². The van der Waals surface area contributed by atoms with Crippen LogP contribution in [0.25, 0.3) is 0 Å². The molecular weight excluding hydrogens is 271 g/mol. The summed E-state index contributed by atoms with van der Waals surface area (Å²) in [5, 5.41) is 10.2. The molecule has 0 unspecified atom stereocenters. The molecule has 104 valence electrons. The minimum Gasteiger partial charge on any atom is -0.465 e. The van der Waals surface area contributed by atoms with Gasteiger partial charge in [-0.25, -0.2) is 9.59 Å². The second kappa shape index (κ2) is 5.46. The van der Waals surface area contributed by atoms with Gasteiger partial charge in [0, 0.05) is 0 Å². The van der Waals surface area contributed by atoms with E-state index in [1.165, 1.54) is 0 Å². The molecule has 0 saturated heterocycles. The van der Waals surface area contributed by atoms with E-state index in [9.17, 15) is 22.8 Å². The van der Waals surface area contributed by atoms with Gasteiger partial charge in [0.2, 0.25) is 0 Å². The highest BCUT2D eigenvalue weighted by Gasteiger charge is 2.32. The Balaban J connectivity index is 3.17. The largest absolute Gasteiger partial charge is 0.573 e. The summed E-state index contributed by atoms with van der Waals surface area (Å²) >= 11 is 0. The van der Waals surface area contributed by atoms with Crippen LogP contribution in [-0.2, 0) is 4.74 Å². The van der Waals surface area contributed by atoms with E-state index in [2.05, 4.69) is 9.47 Å². The predicted molar refractivity (Wildman–Crippen MR) is 56.1 cm³/mol. The van der Waals surface area contributed by atoms with Gasteiger partial charge >= 0.3 is 18.4 Å². The van der Waals surface area contributed by atoms with Crippen molar-refractivity contribution in [1.82, 2.24) is 0 Å². The molecule has 0 radical (unpaired) electrons. The normalized spacial score (nSPS) is 10.7. The Morgan fingerprint density at radius 1 is 1.32 bits per heavy atom. The zero-order valence-electron chi connectivity index (χ0n) is 9.45. The fourth-order valence-corrected chi connectivity index (χ4v) is 1.19. The predicted octanol–water partition coefficient (Wildman–Crippen LogP) is 2.46. The maximum absolute atomic E-state index is 12.2. The Bertz CT molecular complexity index is 500. The minimum absolute atomic E-state index is 0.210. The molecule has 0 aliphatic heterocycles. The number of carboxylic acid groups (broad SMARTS) is 1. The number of carbonyl (C=O) groups is 2. The molecule has 19 heavy (non-hydrogen) atoms. The molecule has 0 aromatic heterocycles. The first-order valence-electron chi connectivity index (χ1n) is 4.71. The average molecular weight is 279 g/mol. The van der Waals surface area contributed by atoms with Gasteiger partial charge in [-0.05, 0) is 18.2 Å². The molecule has 0 spiro atoms. The fraction of sp³-hybridized carbons (Fsp3) is 0.200. The summed E-state index contributed by atoms with van der Waals surface area (Å²) in [6.45, 7) is 0. The van der Waals surface area contributed by atoms with E-state index in [0.717, 1.165) is 25.3 Å². The summed E-state index contributed by atoms with van der Waals surface area (Å²) in [6, 6.07) is 2.78. The van der Waals surface area contributed by atoms with E-state index < -0.39 is 29.9 Å². The maximum Gasteiger partial charge on any atom is 0.573 e. The molecule has 6 nitrogen and oxygen atoms in total. The summed E-state index contributed by atoms with van der Waals surface area (Å²) in [6.07, 6.45) is -6.60. The number of nitrogens with one attached hydrogen (secondary N) is 1. The van der Waals surface area contributed by atoms with Crippen molar-refractivity contribution in [1.29, 1.82) is 0 Å². The van der Waals surface area contributed by atoms with Crippen molar-refractivity contribution in [2.24, 2.45) is 0 Å². The van der Waals surface area contributed by atoms with E-state index in [-0.39, 0.29) is 5.56 Å². The van der Waals surface area contributed by atoms with Gasteiger partial charge in [0.1, 0.15) is 0 Å². The van der Waals surface area contributed by atoms with Crippen molar-refractivity contribution < 1.29 is 37.3 Å². The zero-order chi connectivity index (χ0) is 14.6. The fourth-order valence-electron chi connectivity index (χ4n) is 1.19. The van der Waals surface area contributed by atoms with Crippen molar-refractivity contribution in [3.05, 3.63) is 23.8 Å². The lowest BCUT2D eigenvalue weighted by atomic mass is 10.2. The summed E-state index contributed by atoms with van der Waals surface area (Å²) in [5.41, 5.74) is -0.657. The van der Waals surface area contributed by atoms with Crippen LogP contribution in [-0.4, -0.2) is 30.6 Å². The Kier molecular flexibility index (Phi) is 4.20. The van der Waals surface area contributed by atoms with Crippen LogP contribution in [0.2, 0.25) is 0 Å². The molecule has 1 amide bonds. The highest BCUT2D eigenvalue weighted by Crippen LogP contribution is 2.31. The van der Waals surface area contributed by atoms with Crippen LogP contribution >= 0.6 is 0 Å². The lowest BCUT2D eigenvalue weighted by molar-refractivity contribution is -0.274. The van der Waals surface area contributed by atoms with E-state index >= 15 is 0 Å². The lowest BCUT2D eigenvalue weighted by Gasteiger charge is -2.13. The maximum atomic E-state index is 12.2. The van der Waals surface area contributed by atoms with Gasteiger partial charge in [0.15, 0.2) is 5.75 Å². The Hall–Kier alpha value is -2.45. The van der Waals surface area contributed by atoms with E-state index in [1.54, 1.807) is 5.32 Å². The van der Waals surface area contributed by atoms with Crippen LogP contribution in [0.4, 0.5) is 23.7 Å². The van der Waals surface area contributed by atoms with Crippen LogP contribution < -0.4 is 10.1 Å². The highest BCUT2D eigenvalue weighted by atomic mass is 19.4. The molecule has 9 heteroatoms. The summed E-state index contributed by atoms with van der Waals surface area (Å²) < 4.78 is 44.4. The second-order valence-electron chi connectivity index (χ2n) is 3.18. The number of ether oxygens (including phenoxy) is 2. The monoisotopic (exact) mass is 279 g/mol. The minimum atomic E-state index is -5.02. The van der Waals surface area contributed by atoms with Crippen LogP contribution in [0.5, 0.6) is 5.75 Å². The third-order valence-electron chi connectivity index (χ3n) is 1.87. The average Bonchev–Trinajstić information content (AvgIpc) is 2.28. The summed E-state index contributed by atoms with van der Waals surface area (Å²) in [7, 11) is 1.05. The van der Waals surface area contributed by atoms with Crippen molar-refractivity contribution in [3.8, 4) is 5.75 Å². The first-order chi connectivity index (χ1) is 8.73. The molecular formula is C10H8F3NO5. The van der Waals surface area contributed by atoms with Gasteiger partial charge < -0.3 is 14.6 Å². The third kappa shape index (κ3) is 4.37. The standard InChI is InChI=1S/C10H8F3NO5/c1-18-8(15)5-2-3-6(14-9(16)17)7(4-5)19-10(11,12)13/h2-4,14H,1H3,(H,16,17). The second-order valence-corrected chi connectivity index (χ2v) is 3.18. The smallest absolute Gasteiger partial charge is 0.465 e. The van der Waals surface area contributed by atoms with E-state index in [1.807, 2.05) is 0 Å². The van der Waals surface area contributed by atoms with Crippen molar-refractivity contribution in [2.45, 2.75) is 6.36 Å². The topological polar surface area (TPSA) is 84.9 Å². The number of carbonyl (C=O) groups excluding carboxylic acids is 1. The van der Waals surface area contributed by atoms with Crippen LogP contribution in [0.3, 0.4) is 0 Å². The van der Waals surface area contributed by atoms with Gasteiger partial charge in [-0.15, -0.1) is 13.2 Å². The number of hydrogen-bond acceptors (Lipinski definition) is 4. The number of hydrogen-bond donors (Lipinski definition) is 2. The lowest BCUT2D eigenvalue weighted by Crippen LogP contribution is -2.19. The molecule has 0 bridgehead atoms. The number of esters is 1. The number of alkyl halides is 3. The highest BCUT2D eigenvalue weighted by molar-refractivity contribution is 5.92. The molecule has 0 atom stereocenters. The van der Waals surface area contributed by atoms with Crippen LogP contribution in [0, 0.1) is 0 Å². The molecule has 0 heterocycles. The van der Waals surface area contributed by atoms with Crippen molar-refractivity contribution >= 4 is 17.7 Å².